The minimum atomic E-state index is -3.17. The molecule has 0 aromatic carbocycles. The molecule has 9 heteroatoms. The molecule has 1 saturated heterocycles. The second-order valence-corrected chi connectivity index (χ2v) is 9.01. The van der Waals surface area contributed by atoms with E-state index in [9.17, 15) is 13.2 Å². The highest BCUT2D eigenvalue weighted by molar-refractivity contribution is 7.88. The van der Waals surface area contributed by atoms with Crippen molar-refractivity contribution in [2.75, 3.05) is 31.2 Å². The molecule has 1 atom stereocenters. The molecule has 25 heavy (non-hydrogen) atoms. The number of carbonyl (C=O) groups excluding carboxylic acids is 1. The zero-order valence-electron chi connectivity index (χ0n) is 14.8. The second kappa shape index (κ2) is 7.43. The summed E-state index contributed by atoms with van der Waals surface area (Å²) in [6.07, 6.45) is 6.79. The van der Waals surface area contributed by atoms with E-state index in [-0.39, 0.29) is 11.9 Å². The number of anilines is 1. The van der Waals surface area contributed by atoms with Crippen molar-refractivity contribution in [1.29, 1.82) is 0 Å². The third-order valence-corrected chi connectivity index (χ3v) is 5.72. The third-order valence-electron chi connectivity index (χ3n) is 4.96. The molecule has 2 aliphatic rings. The van der Waals surface area contributed by atoms with Crippen LogP contribution >= 0.6 is 0 Å². The van der Waals surface area contributed by atoms with Crippen LogP contribution < -0.4 is 10.0 Å². The van der Waals surface area contributed by atoms with Gasteiger partial charge >= 0.3 is 0 Å². The van der Waals surface area contributed by atoms with Crippen LogP contribution in [0, 0.1) is 5.92 Å². The highest BCUT2D eigenvalue weighted by Gasteiger charge is 2.31. The van der Waals surface area contributed by atoms with E-state index in [2.05, 4.69) is 27.0 Å². The Bertz CT molecular complexity index is 705. The van der Waals surface area contributed by atoms with Gasteiger partial charge in [-0.2, -0.15) is 5.10 Å². The van der Waals surface area contributed by atoms with Crippen LogP contribution in [0.4, 0.5) is 5.82 Å². The predicted molar refractivity (Wildman–Crippen MR) is 95.7 cm³/mol. The summed E-state index contributed by atoms with van der Waals surface area (Å²) in [6.45, 7) is 3.87. The maximum absolute atomic E-state index is 12.3. The number of sulfonamides is 1. The number of nitrogens with one attached hydrogen (secondary N) is 2. The third kappa shape index (κ3) is 5.26. The molecule has 1 aliphatic heterocycles. The molecular weight excluding hydrogens is 342 g/mol. The molecule has 0 radical (unpaired) electrons. The summed E-state index contributed by atoms with van der Waals surface area (Å²) in [4.78, 5) is 14.4. The number of likely N-dealkylation sites (tertiary alicyclic amines) is 1. The van der Waals surface area contributed by atoms with E-state index in [1.165, 1.54) is 19.1 Å². The smallest absolute Gasteiger partial charge is 0.239 e. The van der Waals surface area contributed by atoms with Gasteiger partial charge in [-0.15, -0.1) is 0 Å². The fraction of sp³-hybridized carbons (Fsp3) is 0.750. The first kappa shape index (κ1) is 18.3. The number of hydrogen-bond acceptors (Lipinski definition) is 5. The van der Waals surface area contributed by atoms with E-state index in [0.717, 1.165) is 18.7 Å². The number of piperidine rings is 1. The Balaban J connectivity index is 1.47. The van der Waals surface area contributed by atoms with Crippen molar-refractivity contribution in [2.24, 2.45) is 5.92 Å². The molecule has 2 heterocycles. The monoisotopic (exact) mass is 369 g/mol. The van der Waals surface area contributed by atoms with Gasteiger partial charge in [0.05, 0.1) is 25.0 Å². The Morgan fingerprint density at radius 1 is 1.32 bits per heavy atom. The maximum Gasteiger partial charge on any atom is 0.239 e. The molecule has 1 aromatic rings. The number of nitrogens with zero attached hydrogens (tertiary/aromatic N) is 3. The summed E-state index contributed by atoms with van der Waals surface area (Å²) in [7, 11) is -3.17. The lowest BCUT2D eigenvalue weighted by Crippen LogP contribution is -2.46. The zero-order chi connectivity index (χ0) is 18.0. The average Bonchev–Trinajstić information content (AvgIpc) is 3.27. The van der Waals surface area contributed by atoms with Crippen molar-refractivity contribution in [3.05, 3.63) is 12.3 Å². The summed E-state index contributed by atoms with van der Waals surface area (Å²) in [5.41, 5.74) is 0. The van der Waals surface area contributed by atoms with Gasteiger partial charge in [-0.3, -0.25) is 9.69 Å². The Kier molecular flexibility index (Phi) is 5.45. The number of aromatic nitrogens is 2. The minimum absolute atomic E-state index is 0.0323. The molecule has 2 fully saturated rings. The van der Waals surface area contributed by atoms with Crippen molar-refractivity contribution >= 4 is 21.7 Å². The Labute approximate surface area is 149 Å². The fourth-order valence-corrected chi connectivity index (χ4v) is 4.25. The van der Waals surface area contributed by atoms with Gasteiger partial charge in [0, 0.05) is 25.2 Å². The lowest BCUT2D eigenvalue weighted by molar-refractivity contribution is -0.117. The van der Waals surface area contributed by atoms with E-state index in [0.29, 0.717) is 31.6 Å². The minimum Gasteiger partial charge on any atom is -0.310 e. The van der Waals surface area contributed by atoms with E-state index in [1.807, 2.05) is 10.7 Å². The van der Waals surface area contributed by atoms with Crippen LogP contribution in [-0.4, -0.2) is 60.9 Å². The van der Waals surface area contributed by atoms with Crippen molar-refractivity contribution in [3.8, 4) is 0 Å². The molecule has 8 nitrogen and oxygen atoms in total. The Morgan fingerprint density at radius 2 is 2.00 bits per heavy atom. The molecule has 0 bridgehead atoms. The summed E-state index contributed by atoms with van der Waals surface area (Å²) in [6, 6.07) is 2.11. The Morgan fingerprint density at radius 3 is 2.60 bits per heavy atom. The van der Waals surface area contributed by atoms with Crippen LogP contribution in [0.15, 0.2) is 12.3 Å². The van der Waals surface area contributed by atoms with Crippen molar-refractivity contribution < 1.29 is 13.2 Å². The van der Waals surface area contributed by atoms with Gasteiger partial charge < -0.3 is 5.32 Å². The van der Waals surface area contributed by atoms with Crippen LogP contribution in [0.1, 0.15) is 38.6 Å². The summed E-state index contributed by atoms with van der Waals surface area (Å²) >= 11 is 0. The summed E-state index contributed by atoms with van der Waals surface area (Å²) in [5.74, 6) is 1.36. The topological polar surface area (TPSA) is 96.3 Å². The van der Waals surface area contributed by atoms with E-state index in [1.54, 1.807) is 6.20 Å². The quantitative estimate of drug-likeness (QED) is 0.741. The highest BCUT2D eigenvalue weighted by atomic mass is 32.2. The average molecular weight is 369 g/mol. The van der Waals surface area contributed by atoms with Gasteiger partial charge in [-0.1, -0.05) is 0 Å². The SMILES string of the molecule is CC(C1CC1)n1nccc1NC(=O)CN1CCC(NS(C)(=O)=O)CC1. The van der Waals surface area contributed by atoms with Gasteiger partial charge in [-0.25, -0.2) is 17.8 Å². The molecule has 1 saturated carbocycles. The first-order valence-electron chi connectivity index (χ1n) is 8.85. The first-order chi connectivity index (χ1) is 11.8. The standard InChI is InChI=1S/C16H27N5O3S/c1-12(13-3-4-13)21-15(5-8-17-21)18-16(22)11-20-9-6-14(7-10-20)19-25(2,23)24/h5,8,12-14,19H,3-4,6-7,9-11H2,1-2H3,(H,18,22). The van der Waals surface area contributed by atoms with E-state index >= 15 is 0 Å². The predicted octanol–water partition coefficient (Wildman–Crippen LogP) is 0.806. The van der Waals surface area contributed by atoms with Crippen LogP contribution in [0.2, 0.25) is 0 Å². The summed E-state index contributed by atoms with van der Waals surface area (Å²) in [5, 5.41) is 7.30. The van der Waals surface area contributed by atoms with E-state index < -0.39 is 10.0 Å². The van der Waals surface area contributed by atoms with Gasteiger partial charge in [0.25, 0.3) is 0 Å². The van der Waals surface area contributed by atoms with Crippen LogP contribution in [-0.2, 0) is 14.8 Å². The van der Waals surface area contributed by atoms with Crippen molar-refractivity contribution in [3.63, 3.8) is 0 Å². The van der Waals surface area contributed by atoms with E-state index in [4.69, 9.17) is 0 Å². The first-order valence-corrected chi connectivity index (χ1v) is 10.7. The Hall–Kier alpha value is -1.45. The maximum atomic E-state index is 12.3. The van der Waals surface area contributed by atoms with Crippen LogP contribution in [0.25, 0.3) is 0 Å². The molecular formula is C16H27N5O3S. The van der Waals surface area contributed by atoms with Gasteiger partial charge in [-0.05, 0) is 38.5 Å². The molecule has 1 aromatic heterocycles. The number of amides is 1. The second-order valence-electron chi connectivity index (χ2n) is 7.23. The summed E-state index contributed by atoms with van der Waals surface area (Å²) < 4.78 is 27.1. The normalized spacial score (nSPS) is 21.2. The molecule has 3 rings (SSSR count). The fourth-order valence-electron chi connectivity index (χ4n) is 3.41. The van der Waals surface area contributed by atoms with Crippen LogP contribution in [0.3, 0.4) is 0 Å². The zero-order valence-corrected chi connectivity index (χ0v) is 15.6. The largest absolute Gasteiger partial charge is 0.310 e. The highest BCUT2D eigenvalue weighted by Crippen LogP contribution is 2.40. The number of hydrogen-bond donors (Lipinski definition) is 2. The van der Waals surface area contributed by atoms with Gasteiger partial charge in [0.15, 0.2) is 0 Å². The molecule has 1 amide bonds. The number of carbonyl (C=O) groups is 1. The lowest BCUT2D eigenvalue weighted by Gasteiger charge is -2.31. The van der Waals surface area contributed by atoms with Crippen molar-refractivity contribution in [2.45, 2.75) is 44.7 Å². The van der Waals surface area contributed by atoms with Crippen molar-refractivity contribution in [1.82, 2.24) is 19.4 Å². The molecule has 140 valence electrons. The molecule has 1 unspecified atom stereocenters. The lowest BCUT2D eigenvalue weighted by atomic mass is 10.1. The number of rotatable bonds is 7. The molecule has 1 aliphatic carbocycles. The van der Waals surface area contributed by atoms with Gasteiger partial charge in [0.1, 0.15) is 5.82 Å². The van der Waals surface area contributed by atoms with Gasteiger partial charge in [0.2, 0.25) is 15.9 Å². The molecule has 0 spiro atoms. The molecule has 2 N–H and O–H groups in total. The van der Waals surface area contributed by atoms with Crippen LogP contribution in [0.5, 0.6) is 0 Å².